The number of nitrogens with zero attached hydrogens (tertiary/aromatic N) is 2. The number of halogens is 3. The smallest absolute Gasteiger partial charge is 0.266 e. The van der Waals surface area contributed by atoms with Crippen molar-refractivity contribution in [3.8, 4) is 6.07 Å². The van der Waals surface area contributed by atoms with Crippen molar-refractivity contribution in [2.75, 3.05) is 18.0 Å². The zero-order valence-corrected chi connectivity index (χ0v) is 9.97. The molecule has 1 saturated heterocycles. The van der Waals surface area contributed by atoms with Gasteiger partial charge in [0.1, 0.15) is 6.07 Å². The average Bonchev–Trinajstić information content (AvgIpc) is 2.58. The zero-order valence-electron chi connectivity index (χ0n) is 8.38. The fourth-order valence-corrected chi connectivity index (χ4v) is 2.18. The number of alkyl halides is 2. The molecule has 0 aliphatic carbocycles. The molecule has 0 spiro atoms. The molecule has 1 aromatic rings. The summed E-state index contributed by atoms with van der Waals surface area (Å²) >= 11 is 3.25. The highest BCUT2D eigenvalue weighted by molar-refractivity contribution is 9.10. The molecule has 0 aromatic heterocycles. The minimum atomic E-state index is -2.64. The Morgan fingerprint density at radius 2 is 2.19 bits per heavy atom. The lowest BCUT2D eigenvalue weighted by Crippen LogP contribution is -2.25. The monoisotopic (exact) mass is 286 g/mol. The molecule has 1 aromatic carbocycles. The quantitative estimate of drug-likeness (QED) is 0.793. The second-order valence-corrected chi connectivity index (χ2v) is 4.72. The predicted molar refractivity (Wildman–Crippen MR) is 60.6 cm³/mol. The van der Waals surface area contributed by atoms with Crippen LogP contribution in [0.2, 0.25) is 0 Å². The van der Waals surface area contributed by atoms with Gasteiger partial charge in [-0.1, -0.05) is 15.9 Å². The highest BCUT2D eigenvalue weighted by Crippen LogP contribution is 2.33. The molecule has 5 heteroatoms. The SMILES string of the molecule is N#Cc1cc(Br)ccc1N1CCC(F)(F)C1. The van der Waals surface area contributed by atoms with Gasteiger partial charge in [0.25, 0.3) is 5.92 Å². The number of rotatable bonds is 1. The van der Waals surface area contributed by atoms with Gasteiger partial charge in [0.15, 0.2) is 0 Å². The fraction of sp³-hybridized carbons (Fsp3) is 0.364. The molecule has 2 nitrogen and oxygen atoms in total. The van der Waals surface area contributed by atoms with Gasteiger partial charge in [-0.2, -0.15) is 5.26 Å². The highest BCUT2D eigenvalue weighted by atomic mass is 79.9. The first-order valence-corrected chi connectivity index (χ1v) is 5.63. The van der Waals surface area contributed by atoms with E-state index in [1.807, 2.05) is 6.07 Å². The zero-order chi connectivity index (χ0) is 11.8. The Morgan fingerprint density at radius 3 is 2.75 bits per heavy atom. The average molecular weight is 287 g/mol. The molecule has 1 aliphatic rings. The van der Waals surface area contributed by atoms with E-state index in [0.717, 1.165) is 4.47 Å². The summed E-state index contributed by atoms with van der Waals surface area (Å²) in [5.74, 6) is -2.64. The van der Waals surface area contributed by atoms with E-state index in [2.05, 4.69) is 15.9 Å². The van der Waals surface area contributed by atoms with Crippen LogP contribution in [0.4, 0.5) is 14.5 Å². The largest absolute Gasteiger partial charge is 0.364 e. The molecule has 0 radical (unpaired) electrons. The molecule has 1 heterocycles. The van der Waals surface area contributed by atoms with Gasteiger partial charge in [0.05, 0.1) is 17.8 Å². The van der Waals surface area contributed by atoms with E-state index < -0.39 is 5.92 Å². The number of hydrogen-bond acceptors (Lipinski definition) is 2. The summed E-state index contributed by atoms with van der Waals surface area (Å²) in [6, 6.07) is 7.12. The van der Waals surface area contributed by atoms with Gasteiger partial charge in [-0.15, -0.1) is 0 Å². The standard InChI is InChI=1S/C11H9BrF2N2/c12-9-1-2-10(8(5-9)6-15)16-4-3-11(13,14)7-16/h1-2,5H,3-4,7H2. The Labute approximate surface area is 101 Å². The minimum absolute atomic E-state index is 0.145. The number of hydrogen-bond donors (Lipinski definition) is 0. The summed E-state index contributed by atoms with van der Waals surface area (Å²) in [4.78, 5) is 1.56. The Kier molecular flexibility index (Phi) is 2.85. The lowest BCUT2D eigenvalue weighted by Gasteiger charge is -2.19. The first kappa shape index (κ1) is 11.3. The van der Waals surface area contributed by atoms with E-state index in [9.17, 15) is 8.78 Å². The molecule has 0 N–H and O–H groups in total. The molecule has 2 rings (SSSR count). The van der Waals surface area contributed by atoms with Crippen LogP contribution in [0.15, 0.2) is 22.7 Å². The molecule has 1 fully saturated rings. The Balaban J connectivity index is 2.32. The second-order valence-electron chi connectivity index (χ2n) is 3.80. The van der Waals surface area contributed by atoms with Crippen LogP contribution in [0, 0.1) is 11.3 Å². The number of benzene rings is 1. The summed E-state index contributed by atoms with van der Waals surface area (Å²) in [6.45, 7) is -0.00732. The van der Waals surface area contributed by atoms with Gasteiger partial charge in [-0.05, 0) is 18.2 Å². The first-order valence-electron chi connectivity index (χ1n) is 4.84. The Bertz CT molecular complexity index is 454. The van der Waals surface area contributed by atoms with Crippen molar-refractivity contribution in [2.45, 2.75) is 12.3 Å². The van der Waals surface area contributed by atoms with Crippen molar-refractivity contribution in [2.24, 2.45) is 0 Å². The van der Waals surface area contributed by atoms with Crippen molar-refractivity contribution < 1.29 is 8.78 Å². The van der Waals surface area contributed by atoms with Crippen molar-refractivity contribution in [3.63, 3.8) is 0 Å². The van der Waals surface area contributed by atoms with Crippen LogP contribution in [0.5, 0.6) is 0 Å². The summed E-state index contributed by atoms with van der Waals surface area (Å²) in [5.41, 5.74) is 1.01. The molecular formula is C11H9BrF2N2. The summed E-state index contributed by atoms with van der Waals surface area (Å²) in [6.07, 6.45) is -0.145. The summed E-state index contributed by atoms with van der Waals surface area (Å²) in [5, 5.41) is 8.95. The minimum Gasteiger partial charge on any atom is -0.364 e. The number of anilines is 1. The van der Waals surface area contributed by atoms with Gasteiger partial charge in [-0.3, -0.25) is 0 Å². The topological polar surface area (TPSA) is 27.0 Å². The van der Waals surface area contributed by atoms with Crippen LogP contribution in [-0.2, 0) is 0 Å². The molecule has 84 valence electrons. The van der Waals surface area contributed by atoms with Gasteiger partial charge in [0.2, 0.25) is 0 Å². The Morgan fingerprint density at radius 1 is 1.44 bits per heavy atom. The van der Waals surface area contributed by atoms with Gasteiger partial charge in [0, 0.05) is 17.4 Å². The fourth-order valence-electron chi connectivity index (χ4n) is 1.82. The second kappa shape index (κ2) is 4.02. The molecule has 0 saturated carbocycles. The van der Waals surface area contributed by atoms with Crippen LogP contribution >= 0.6 is 15.9 Å². The maximum absolute atomic E-state index is 13.1. The predicted octanol–water partition coefficient (Wildman–Crippen LogP) is 3.17. The van der Waals surface area contributed by atoms with Gasteiger partial charge >= 0.3 is 0 Å². The molecular weight excluding hydrogens is 278 g/mol. The summed E-state index contributed by atoms with van der Waals surface area (Å²) < 4.78 is 26.9. The lowest BCUT2D eigenvalue weighted by atomic mass is 10.2. The molecule has 16 heavy (non-hydrogen) atoms. The molecule has 1 aliphatic heterocycles. The van der Waals surface area contributed by atoms with Crippen LogP contribution < -0.4 is 4.90 Å². The third kappa shape index (κ3) is 2.17. The van der Waals surface area contributed by atoms with Crippen molar-refractivity contribution >= 4 is 21.6 Å². The molecule has 0 bridgehead atoms. The third-order valence-corrected chi connectivity index (χ3v) is 3.08. The van der Waals surface area contributed by atoms with Gasteiger partial charge in [-0.25, -0.2) is 8.78 Å². The first-order chi connectivity index (χ1) is 7.52. The van der Waals surface area contributed by atoms with E-state index >= 15 is 0 Å². The van der Waals surface area contributed by atoms with Crippen LogP contribution in [-0.4, -0.2) is 19.0 Å². The third-order valence-electron chi connectivity index (χ3n) is 2.59. The normalized spacial score (nSPS) is 18.5. The van der Waals surface area contributed by atoms with E-state index in [0.29, 0.717) is 17.8 Å². The van der Waals surface area contributed by atoms with Crippen molar-refractivity contribution in [3.05, 3.63) is 28.2 Å². The Hall–Kier alpha value is -1.15. The van der Waals surface area contributed by atoms with Crippen LogP contribution in [0.25, 0.3) is 0 Å². The van der Waals surface area contributed by atoms with Gasteiger partial charge < -0.3 is 4.90 Å². The van der Waals surface area contributed by atoms with E-state index in [1.165, 1.54) is 0 Å². The van der Waals surface area contributed by atoms with Crippen LogP contribution in [0.3, 0.4) is 0 Å². The van der Waals surface area contributed by atoms with E-state index in [-0.39, 0.29) is 13.0 Å². The van der Waals surface area contributed by atoms with Crippen molar-refractivity contribution in [1.82, 2.24) is 0 Å². The molecule has 0 atom stereocenters. The molecule has 0 amide bonds. The summed E-state index contributed by atoms with van der Waals surface area (Å²) in [7, 11) is 0. The van der Waals surface area contributed by atoms with Crippen LogP contribution in [0.1, 0.15) is 12.0 Å². The lowest BCUT2D eigenvalue weighted by molar-refractivity contribution is 0.0257. The highest BCUT2D eigenvalue weighted by Gasteiger charge is 2.38. The van der Waals surface area contributed by atoms with E-state index in [4.69, 9.17) is 5.26 Å². The molecule has 0 unspecified atom stereocenters. The van der Waals surface area contributed by atoms with E-state index in [1.54, 1.807) is 23.1 Å². The maximum atomic E-state index is 13.1. The number of nitriles is 1. The maximum Gasteiger partial charge on any atom is 0.266 e. The van der Waals surface area contributed by atoms with Crippen molar-refractivity contribution in [1.29, 1.82) is 5.26 Å².